The summed E-state index contributed by atoms with van der Waals surface area (Å²) in [5, 5.41) is 2.83. The Morgan fingerprint density at radius 2 is 1.72 bits per heavy atom. The highest BCUT2D eigenvalue weighted by Crippen LogP contribution is 2.26. The molecule has 1 N–H and O–H groups in total. The van der Waals surface area contributed by atoms with Crippen molar-refractivity contribution >= 4 is 33.2 Å². The molecule has 1 saturated heterocycles. The number of carbonyl (C=O) groups is 2. The molecule has 0 saturated carbocycles. The lowest BCUT2D eigenvalue weighted by Crippen LogP contribution is -2.40. The number of anilines is 2. The number of nitrogens with one attached hydrogen (secondary N) is 1. The second kappa shape index (κ2) is 11.0. The first-order valence-corrected chi connectivity index (χ1v) is 13.5. The molecule has 0 radical (unpaired) electrons. The summed E-state index contributed by atoms with van der Waals surface area (Å²) in [5.74, 6) is -0.0281. The Morgan fingerprint density at radius 3 is 2.36 bits per heavy atom. The summed E-state index contributed by atoms with van der Waals surface area (Å²) < 4.78 is 28.1. The third-order valence-electron chi connectivity index (χ3n) is 6.25. The monoisotopic (exact) mass is 505 g/mol. The van der Waals surface area contributed by atoms with Crippen LogP contribution in [0.2, 0.25) is 0 Å². The van der Waals surface area contributed by atoms with Gasteiger partial charge in [0, 0.05) is 25.2 Å². The molecule has 1 heterocycles. The lowest BCUT2D eigenvalue weighted by molar-refractivity contribution is -0.120. The highest BCUT2D eigenvalue weighted by Gasteiger charge is 2.27. The molecular formula is C28H31N3O4S. The molecule has 1 aliphatic heterocycles. The summed E-state index contributed by atoms with van der Waals surface area (Å²) in [5.41, 5.74) is 3.15. The molecule has 2 amide bonds. The lowest BCUT2D eigenvalue weighted by Gasteiger charge is -2.24. The van der Waals surface area contributed by atoms with Crippen LogP contribution in [0, 0.1) is 0 Å². The van der Waals surface area contributed by atoms with Gasteiger partial charge in [-0.1, -0.05) is 56.3 Å². The van der Waals surface area contributed by atoms with Crippen LogP contribution in [0.1, 0.15) is 43.7 Å². The van der Waals surface area contributed by atoms with E-state index in [2.05, 4.69) is 19.2 Å². The Labute approximate surface area is 212 Å². The molecular weight excluding hydrogens is 474 g/mol. The standard InChI is InChI=1S/C28H31N3O4S/c1-21(2)23-13-15-24(16-14-23)31(36(34,35)26-10-4-3-5-11-26)20-27(32)29-19-22-8-6-9-25(18-22)30-17-7-12-28(30)33/h3-6,8-11,13-16,18,21H,7,12,17,19-20H2,1-2H3,(H,29,32). The van der Waals surface area contributed by atoms with Crippen molar-refractivity contribution in [2.75, 3.05) is 22.3 Å². The van der Waals surface area contributed by atoms with Crippen molar-refractivity contribution in [1.29, 1.82) is 0 Å². The molecule has 0 unspecified atom stereocenters. The molecule has 4 rings (SSSR count). The fraction of sp³-hybridized carbons (Fsp3) is 0.286. The molecule has 3 aromatic carbocycles. The van der Waals surface area contributed by atoms with Crippen molar-refractivity contribution in [3.63, 3.8) is 0 Å². The zero-order chi connectivity index (χ0) is 25.7. The summed E-state index contributed by atoms with van der Waals surface area (Å²) in [4.78, 5) is 26.9. The highest BCUT2D eigenvalue weighted by molar-refractivity contribution is 7.92. The molecule has 3 aromatic rings. The van der Waals surface area contributed by atoms with Crippen molar-refractivity contribution in [3.05, 3.63) is 90.0 Å². The number of nitrogens with zero attached hydrogens (tertiary/aromatic N) is 2. The van der Waals surface area contributed by atoms with Gasteiger partial charge in [-0.2, -0.15) is 0 Å². The van der Waals surface area contributed by atoms with Gasteiger partial charge in [-0.25, -0.2) is 8.42 Å². The van der Waals surface area contributed by atoms with Crippen molar-refractivity contribution < 1.29 is 18.0 Å². The number of hydrogen-bond donors (Lipinski definition) is 1. The largest absolute Gasteiger partial charge is 0.350 e. The van der Waals surface area contributed by atoms with Crippen molar-refractivity contribution in [1.82, 2.24) is 5.32 Å². The fourth-order valence-electron chi connectivity index (χ4n) is 4.20. The van der Waals surface area contributed by atoms with E-state index in [0.29, 0.717) is 24.6 Å². The van der Waals surface area contributed by atoms with E-state index in [-0.39, 0.29) is 23.9 Å². The molecule has 1 fully saturated rings. The highest BCUT2D eigenvalue weighted by atomic mass is 32.2. The van der Waals surface area contributed by atoms with E-state index in [0.717, 1.165) is 27.5 Å². The minimum atomic E-state index is -3.96. The summed E-state index contributed by atoms with van der Waals surface area (Å²) in [6.07, 6.45) is 1.38. The van der Waals surface area contributed by atoms with E-state index in [4.69, 9.17) is 0 Å². The number of sulfonamides is 1. The van der Waals surface area contributed by atoms with Gasteiger partial charge in [0.2, 0.25) is 11.8 Å². The van der Waals surface area contributed by atoms with Crippen LogP contribution in [0.25, 0.3) is 0 Å². The van der Waals surface area contributed by atoms with Crippen LogP contribution in [0.5, 0.6) is 0 Å². The number of hydrogen-bond acceptors (Lipinski definition) is 4. The zero-order valence-corrected chi connectivity index (χ0v) is 21.4. The van der Waals surface area contributed by atoms with E-state index in [1.807, 2.05) is 36.4 Å². The lowest BCUT2D eigenvalue weighted by atomic mass is 10.0. The number of amides is 2. The van der Waals surface area contributed by atoms with E-state index in [1.165, 1.54) is 12.1 Å². The molecule has 36 heavy (non-hydrogen) atoms. The van der Waals surface area contributed by atoms with Crippen LogP contribution in [0.4, 0.5) is 11.4 Å². The zero-order valence-electron chi connectivity index (χ0n) is 20.6. The van der Waals surface area contributed by atoms with Crippen LogP contribution in [-0.2, 0) is 26.2 Å². The van der Waals surface area contributed by atoms with E-state index < -0.39 is 15.9 Å². The van der Waals surface area contributed by atoms with Gasteiger partial charge in [0.05, 0.1) is 10.6 Å². The SMILES string of the molecule is CC(C)c1ccc(N(CC(=O)NCc2cccc(N3CCCC3=O)c2)S(=O)(=O)c2ccccc2)cc1. The van der Waals surface area contributed by atoms with Crippen LogP contribution >= 0.6 is 0 Å². The van der Waals surface area contributed by atoms with E-state index >= 15 is 0 Å². The molecule has 0 spiro atoms. The molecule has 0 bridgehead atoms. The van der Waals surface area contributed by atoms with Crippen molar-refractivity contribution in [3.8, 4) is 0 Å². The molecule has 0 aromatic heterocycles. The minimum absolute atomic E-state index is 0.0985. The third-order valence-corrected chi connectivity index (χ3v) is 8.04. The average Bonchev–Trinajstić information content (AvgIpc) is 3.32. The van der Waals surface area contributed by atoms with Gasteiger partial charge in [-0.05, 0) is 59.9 Å². The van der Waals surface area contributed by atoms with Crippen LogP contribution < -0.4 is 14.5 Å². The second-order valence-corrected chi connectivity index (χ2v) is 11.0. The first-order valence-electron chi connectivity index (χ1n) is 12.1. The molecule has 0 atom stereocenters. The molecule has 7 nitrogen and oxygen atoms in total. The minimum Gasteiger partial charge on any atom is -0.350 e. The summed E-state index contributed by atoms with van der Waals surface area (Å²) in [7, 11) is -3.96. The first-order chi connectivity index (χ1) is 17.3. The maximum atomic E-state index is 13.5. The first kappa shape index (κ1) is 25.4. The predicted molar refractivity (Wildman–Crippen MR) is 141 cm³/mol. The third kappa shape index (κ3) is 5.76. The molecule has 1 aliphatic rings. The Bertz CT molecular complexity index is 1320. The normalized spacial score (nSPS) is 13.8. The van der Waals surface area contributed by atoms with Gasteiger partial charge in [-0.15, -0.1) is 0 Å². The Morgan fingerprint density at radius 1 is 1.00 bits per heavy atom. The van der Waals surface area contributed by atoms with Gasteiger partial charge in [0.15, 0.2) is 0 Å². The number of rotatable bonds is 9. The molecule has 0 aliphatic carbocycles. The van der Waals surface area contributed by atoms with E-state index in [9.17, 15) is 18.0 Å². The molecule has 8 heteroatoms. The smallest absolute Gasteiger partial charge is 0.264 e. The molecule has 188 valence electrons. The topological polar surface area (TPSA) is 86.8 Å². The van der Waals surface area contributed by atoms with E-state index in [1.54, 1.807) is 35.2 Å². The van der Waals surface area contributed by atoms with Gasteiger partial charge in [0.25, 0.3) is 10.0 Å². The Kier molecular flexibility index (Phi) is 7.74. The average molecular weight is 506 g/mol. The number of benzene rings is 3. The van der Waals surface area contributed by atoms with Crippen molar-refractivity contribution in [2.45, 2.75) is 44.0 Å². The van der Waals surface area contributed by atoms with Crippen LogP contribution in [-0.4, -0.2) is 33.3 Å². The summed E-state index contributed by atoms with van der Waals surface area (Å²) in [6, 6.07) is 22.8. The maximum absolute atomic E-state index is 13.5. The van der Waals surface area contributed by atoms with Gasteiger partial charge < -0.3 is 10.2 Å². The van der Waals surface area contributed by atoms with Crippen LogP contribution in [0.15, 0.2) is 83.8 Å². The Hall–Kier alpha value is -3.65. The fourth-order valence-corrected chi connectivity index (χ4v) is 5.64. The van der Waals surface area contributed by atoms with Gasteiger partial charge in [-0.3, -0.25) is 13.9 Å². The second-order valence-electron chi connectivity index (χ2n) is 9.17. The maximum Gasteiger partial charge on any atom is 0.264 e. The summed E-state index contributed by atoms with van der Waals surface area (Å²) >= 11 is 0. The van der Waals surface area contributed by atoms with Gasteiger partial charge in [0.1, 0.15) is 6.54 Å². The van der Waals surface area contributed by atoms with Gasteiger partial charge >= 0.3 is 0 Å². The number of carbonyl (C=O) groups excluding carboxylic acids is 2. The van der Waals surface area contributed by atoms with Crippen molar-refractivity contribution in [2.24, 2.45) is 0 Å². The Balaban J connectivity index is 1.52. The van der Waals surface area contributed by atoms with Crippen LogP contribution in [0.3, 0.4) is 0 Å². The quantitative estimate of drug-likeness (QED) is 0.466. The summed E-state index contributed by atoms with van der Waals surface area (Å²) in [6.45, 7) is 4.68. The predicted octanol–water partition coefficient (Wildman–Crippen LogP) is 4.45.